The fourth-order valence-electron chi connectivity index (χ4n) is 1.77. The number of halogens is 3. The highest BCUT2D eigenvalue weighted by atomic mass is 19.4. The lowest BCUT2D eigenvalue weighted by Gasteiger charge is -2.07. The first-order valence-corrected chi connectivity index (χ1v) is 5.16. The molecular formula is C11H9F3N2O2. The second-order valence-electron chi connectivity index (χ2n) is 3.71. The number of aromatic carboxylic acids is 1. The summed E-state index contributed by atoms with van der Waals surface area (Å²) >= 11 is 0. The van der Waals surface area contributed by atoms with Crippen molar-refractivity contribution in [3.63, 3.8) is 0 Å². The van der Waals surface area contributed by atoms with Crippen LogP contribution in [-0.2, 0) is 12.6 Å². The molecule has 0 aliphatic carbocycles. The molecule has 7 heteroatoms. The van der Waals surface area contributed by atoms with E-state index in [-0.39, 0.29) is 23.5 Å². The van der Waals surface area contributed by atoms with Gasteiger partial charge in [-0.2, -0.15) is 13.2 Å². The molecule has 0 fully saturated rings. The van der Waals surface area contributed by atoms with E-state index in [1.165, 1.54) is 4.40 Å². The molecule has 0 amide bonds. The molecule has 2 aromatic heterocycles. The fraction of sp³-hybridized carbons (Fsp3) is 0.273. The van der Waals surface area contributed by atoms with Crippen molar-refractivity contribution >= 4 is 11.6 Å². The van der Waals surface area contributed by atoms with Gasteiger partial charge in [-0.15, -0.1) is 0 Å². The zero-order valence-corrected chi connectivity index (χ0v) is 9.32. The molecule has 0 aromatic carbocycles. The molecule has 0 aliphatic rings. The lowest BCUT2D eigenvalue weighted by Crippen LogP contribution is -2.07. The summed E-state index contributed by atoms with van der Waals surface area (Å²) in [6.07, 6.45) is -3.31. The normalized spacial score (nSPS) is 12.0. The number of nitrogens with zero attached hydrogens (tertiary/aromatic N) is 2. The quantitative estimate of drug-likeness (QED) is 0.900. The lowest BCUT2D eigenvalue weighted by atomic mass is 10.2. The van der Waals surface area contributed by atoms with Gasteiger partial charge in [-0.3, -0.25) is 0 Å². The number of pyridine rings is 1. The maximum absolute atomic E-state index is 12.6. The zero-order valence-electron chi connectivity index (χ0n) is 9.32. The summed E-state index contributed by atoms with van der Waals surface area (Å²) < 4.78 is 38.9. The predicted molar refractivity (Wildman–Crippen MR) is 56.5 cm³/mol. The Balaban J connectivity index is 2.72. The minimum Gasteiger partial charge on any atom is -0.476 e. The number of hydrogen-bond donors (Lipinski definition) is 1. The van der Waals surface area contributed by atoms with E-state index in [1.807, 2.05) is 0 Å². The molecule has 0 radical (unpaired) electrons. The van der Waals surface area contributed by atoms with E-state index < -0.39 is 17.7 Å². The third-order valence-corrected chi connectivity index (χ3v) is 2.58. The fourth-order valence-corrected chi connectivity index (χ4v) is 1.77. The van der Waals surface area contributed by atoms with Crippen LogP contribution in [-0.4, -0.2) is 20.5 Å². The number of carboxylic acid groups (broad SMARTS) is 1. The topological polar surface area (TPSA) is 54.6 Å². The molecule has 0 bridgehead atoms. The van der Waals surface area contributed by atoms with Gasteiger partial charge in [-0.05, 0) is 18.6 Å². The predicted octanol–water partition coefficient (Wildman–Crippen LogP) is 2.61. The van der Waals surface area contributed by atoms with Gasteiger partial charge in [-0.25, -0.2) is 9.78 Å². The van der Waals surface area contributed by atoms with Crippen molar-refractivity contribution < 1.29 is 23.1 Å². The van der Waals surface area contributed by atoms with Gasteiger partial charge in [-0.1, -0.05) is 6.92 Å². The van der Waals surface area contributed by atoms with Crippen LogP contribution in [0.25, 0.3) is 5.65 Å². The van der Waals surface area contributed by atoms with Crippen molar-refractivity contribution in [2.75, 3.05) is 0 Å². The highest BCUT2D eigenvalue weighted by molar-refractivity contribution is 5.88. The molecule has 0 aliphatic heterocycles. The zero-order chi connectivity index (χ0) is 13.5. The first-order valence-electron chi connectivity index (χ1n) is 5.16. The Kier molecular flexibility index (Phi) is 2.76. The van der Waals surface area contributed by atoms with Crippen LogP contribution in [0.5, 0.6) is 0 Å². The first kappa shape index (κ1) is 12.4. The van der Waals surface area contributed by atoms with Crippen LogP contribution in [0.3, 0.4) is 0 Å². The number of alkyl halides is 3. The molecule has 1 N–H and O–H groups in total. The lowest BCUT2D eigenvalue weighted by molar-refractivity contribution is -0.137. The van der Waals surface area contributed by atoms with Crippen LogP contribution in [0.15, 0.2) is 18.3 Å². The van der Waals surface area contributed by atoms with E-state index in [9.17, 15) is 18.0 Å². The molecule has 0 saturated heterocycles. The second-order valence-corrected chi connectivity index (χ2v) is 3.71. The number of hydrogen-bond acceptors (Lipinski definition) is 2. The Morgan fingerprint density at radius 1 is 1.44 bits per heavy atom. The van der Waals surface area contributed by atoms with Gasteiger partial charge in [0.15, 0.2) is 5.69 Å². The van der Waals surface area contributed by atoms with Crippen molar-refractivity contribution in [2.45, 2.75) is 19.5 Å². The van der Waals surface area contributed by atoms with Crippen LogP contribution >= 0.6 is 0 Å². The van der Waals surface area contributed by atoms with Crippen LogP contribution < -0.4 is 0 Å². The number of fused-ring (bicyclic) bond motifs is 1. The smallest absolute Gasteiger partial charge is 0.417 e. The largest absolute Gasteiger partial charge is 0.476 e. The molecule has 4 nitrogen and oxygen atoms in total. The summed E-state index contributed by atoms with van der Waals surface area (Å²) in [7, 11) is 0. The molecule has 0 spiro atoms. The van der Waals surface area contributed by atoms with E-state index in [0.29, 0.717) is 0 Å². The van der Waals surface area contributed by atoms with Gasteiger partial charge in [0.05, 0.1) is 11.3 Å². The molecule has 0 unspecified atom stereocenters. The van der Waals surface area contributed by atoms with Crippen LogP contribution in [0.1, 0.15) is 28.7 Å². The molecule has 2 aromatic rings. The summed E-state index contributed by atoms with van der Waals surface area (Å²) in [6.45, 7) is 1.66. The molecule has 96 valence electrons. The average molecular weight is 258 g/mol. The Morgan fingerprint density at radius 3 is 2.61 bits per heavy atom. The minimum absolute atomic E-state index is 0.192. The molecular weight excluding hydrogens is 249 g/mol. The van der Waals surface area contributed by atoms with Gasteiger partial charge in [0.25, 0.3) is 0 Å². The van der Waals surface area contributed by atoms with Gasteiger partial charge in [0, 0.05) is 6.20 Å². The van der Waals surface area contributed by atoms with Crippen molar-refractivity contribution in [1.82, 2.24) is 9.38 Å². The average Bonchev–Trinajstić information content (AvgIpc) is 2.65. The number of aryl methyl sites for hydroxylation is 1. The third kappa shape index (κ3) is 1.92. The molecule has 0 saturated carbocycles. The molecule has 2 heterocycles. The Hall–Kier alpha value is -2.05. The highest BCUT2D eigenvalue weighted by Crippen LogP contribution is 2.29. The first-order chi connectivity index (χ1) is 8.34. The molecule has 2 rings (SSSR count). The summed E-state index contributed by atoms with van der Waals surface area (Å²) in [5.74, 6) is -1.25. The maximum atomic E-state index is 12.6. The Morgan fingerprint density at radius 2 is 2.11 bits per heavy atom. The summed E-state index contributed by atoms with van der Waals surface area (Å²) in [5.41, 5.74) is -0.600. The summed E-state index contributed by atoms with van der Waals surface area (Å²) in [5, 5.41) is 8.93. The molecule has 0 atom stereocenters. The second kappa shape index (κ2) is 4.01. The van der Waals surface area contributed by atoms with E-state index in [4.69, 9.17) is 5.11 Å². The van der Waals surface area contributed by atoms with E-state index in [2.05, 4.69) is 4.98 Å². The Labute approximate surface area is 99.7 Å². The summed E-state index contributed by atoms with van der Waals surface area (Å²) in [4.78, 5) is 14.7. The van der Waals surface area contributed by atoms with Gasteiger partial charge in [0.2, 0.25) is 0 Å². The Bertz CT molecular complexity index is 617. The van der Waals surface area contributed by atoms with Crippen LogP contribution in [0.4, 0.5) is 13.2 Å². The number of rotatable bonds is 2. The van der Waals surface area contributed by atoms with Gasteiger partial charge < -0.3 is 9.51 Å². The van der Waals surface area contributed by atoms with E-state index in [0.717, 1.165) is 18.3 Å². The van der Waals surface area contributed by atoms with Crippen LogP contribution in [0.2, 0.25) is 0 Å². The maximum Gasteiger partial charge on any atom is 0.417 e. The number of imidazole rings is 1. The SMILES string of the molecule is CCc1c(C(=O)O)nc2ccc(C(F)(F)F)cn12. The number of aromatic nitrogens is 2. The minimum atomic E-state index is -4.47. The number of carbonyl (C=O) groups is 1. The van der Waals surface area contributed by atoms with Crippen molar-refractivity contribution in [3.8, 4) is 0 Å². The molecule has 18 heavy (non-hydrogen) atoms. The summed E-state index contributed by atoms with van der Waals surface area (Å²) in [6, 6.07) is 2.04. The highest BCUT2D eigenvalue weighted by Gasteiger charge is 2.31. The van der Waals surface area contributed by atoms with Gasteiger partial charge >= 0.3 is 12.1 Å². The van der Waals surface area contributed by atoms with Gasteiger partial charge in [0.1, 0.15) is 5.65 Å². The number of carboxylic acids is 1. The monoisotopic (exact) mass is 258 g/mol. The third-order valence-electron chi connectivity index (χ3n) is 2.58. The van der Waals surface area contributed by atoms with Crippen molar-refractivity contribution in [1.29, 1.82) is 0 Å². The van der Waals surface area contributed by atoms with E-state index in [1.54, 1.807) is 6.92 Å². The van der Waals surface area contributed by atoms with Crippen molar-refractivity contribution in [2.24, 2.45) is 0 Å². The van der Waals surface area contributed by atoms with Crippen molar-refractivity contribution in [3.05, 3.63) is 35.3 Å². The van der Waals surface area contributed by atoms with Crippen LogP contribution in [0, 0.1) is 0 Å². The van der Waals surface area contributed by atoms with E-state index >= 15 is 0 Å². The standard InChI is InChI=1S/C11H9F3N2O2/c1-2-7-9(10(17)18)15-8-4-3-6(5-16(7)8)11(12,13)14/h3-5H,2H2,1H3,(H,17,18).